The SMILES string of the molecule is O=C(O)CC1(NC(=O)c2csc(Cc3cccc(F)c3)n2)CCC1. The summed E-state index contributed by atoms with van der Waals surface area (Å²) in [4.78, 5) is 27.6. The molecule has 0 radical (unpaired) electrons. The van der Waals surface area contributed by atoms with Crippen molar-refractivity contribution in [3.63, 3.8) is 0 Å². The van der Waals surface area contributed by atoms with Gasteiger partial charge in [-0.2, -0.15) is 0 Å². The fourth-order valence-corrected chi connectivity index (χ4v) is 3.67. The van der Waals surface area contributed by atoms with Crippen LogP contribution in [0.3, 0.4) is 0 Å². The van der Waals surface area contributed by atoms with Crippen LogP contribution in [0.1, 0.15) is 46.7 Å². The molecular formula is C17H17FN2O3S. The van der Waals surface area contributed by atoms with Gasteiger partial charge in [-0.25, -0.2) is 9.37 Å². The third kappa shape index (κ3) is 3.79. The minimum atomic E-state index is -0.917. The first-order chi connectivity index (χ1) is 11.5. The van der Waals surface area contributed by atoms with Crippen LogP contribution in [0.4, 0.5) is 4.39 Å². The lowest BCUT2D eigenvalue weighted by Crippen LogP contribution is -2.54. The van der Waals surface area contributed by atoms with Crippen LogP contribution in [-0.4, -0.2) is 27.5 Å². The van der Waals surface area contributed by atoms with Crippen molar-refractivity contribution in [1.82, 2.24) is 10.3 Å². The molecule has 7 heteroatoms. The molecule has 1 aliphatic carbocycles. The van der Waals surface area contributed by atoms with E-state index in [-0.39, 0.29) is 23.8 Å². The summed E-state index contributed by atoms with van der Waals surface area (Å²) in [6, 6.07) is 6.26. The number of nitrogens with zero attached hydrogens (tertiary/aromatic N) is 1. The number of hydrogen-bond donors (Lipinski definition) is 2. The van der Waals surface area contributed by atoms with Gasteiger partial charge in [0.05, 0.1) is 17.0 Å². The van der Waals surface area contributed by atoms with Crippen LogP contribution >= 0.6 is 11.3 Å². The average Bonchev–Trinajstić information content (AvgIpc) is 2.93. The van der Waals surface area contributed by atoms with Crippen molar-refractivity contribution in [2.45, 2.75) is 37.6 Å². The largest absolute Gasteiger partial charge is 0.481 e. The maximum atomic E-state index is 13.2. The minimum absolute atomic E-state index is 0.0704. The van der Waals surface area contributed by atoms with E-state index in [0.29, 0.717) is 24.3 Å². The summed E-state index contributed by atoms with van der Waals surface area (Å²) in [5.41, 5.74) is 0.427. The van der Waals surface area contributed by atoms with Crippen molar-refractivity contribution in [3.8, 4) is 0 Å². The van der Waals surface area contributed by atoms with Crippen molar-refractivity contribution in [2.24, 2.45) is 0 Å². The lowest BCUT2D eigenvalue weighted by Gasteiger charge is -2.41. The second-order valence-corrected chi connectivity index (χ2v) is 7.03. The van der Waals surface area contributed by atoms with Crippen LogP contribution in [-0.2, 0) is 11.2 Å². The van der Waals surface area contributed by atoms with Gasteiger partial charge in [-0.1, -0.05) is 12.1 Å². The number of benzene rings is 1. The lowest BCUT2D eigenvalue weighted by atomic mass is 9.74. The maximum Gasteiger partial charge on any atom is 0.305 e. The van der Waals surface area contributed by atoms with E-state index in [4.69, 9.17) is 5.11 Å². The Kier molecular flexibility index (Phi) is 4.62. The highest BCUT2D eigenvalue weighted by Gasteiger charge is 2.40. The summed E-state index contributed by atoms with van der Waals surface area (Å²) in [7, 11) is 0. The highest BCUT2D eigenvalue weighted by Crippen LogP contribution is 2.35. The zero-order valence-corrected chi connectivity index (χ0v) is 13.7. The molecule has 126 valence electrons. The van der Waals surface area contributed by atoms with Gasteiger partial charge in [0.2, 0.25) is 0 Å². The van der Waals surface area contributed by atoms with Gasteiger partial charge in [0.15, 0.2) is 0 Å². The van der Waals surface area contributed by atoms with Crippen LogP contribution in [0.2, 0.25) is 0 Å². The van der Waals surface area contributed by atoms with Gasteiger partial charge in [-0.3, -0.25) is 9.59 Å². The quantitative estimate of drug-likeness (QED) is 0.841. The van der Waals surface area contributed by atoms with Gasteiger partial charge in [-0.05, 0) is 37.0 Å². The van der Waals surface area contributed by atoms with Crippen molar-refractivity contribution < 1.29 is 19.1 Å². The average molecular weight is 348 g/mol. The Morgan fingerprint density at radius 3 is 2.79 bits per heavy atom. The van der Waals surface area contributed by atoms with Crippen LogP contribution in [0, 0.1) is 5.82 Å². The van der Waals surface area contributed by atoms with E-state index in [1.807, 2.05) is 0 Å². The Hall–Kier alpha value is -2.28. The fourth-order valence-electron chi connectivity index (χ4n) is 2.86. The summed E-state index contributed by atoms with van der Waals surface area (Å²) in [6.45, 7) is 0. The molecule has 0 spiro atoms. The molecule has 0 unspecified atom stereocenters. The number of hydrogen-bond acceptors (Lipinski definition) is 4. The Morgan fingerprint density at radius 2 is 2.17 bits per heavy atom. The first kappa shape index (κ1) is 16.6. The predicted molar refractivity (Wildman–Crippen MR) is 87.6 cm³/mol. The van der Waals surface area contributed by atoms with Gasteiger partial charge in [0, 0.05) is 11.8 Å². The molecule has 0 bridgehead atoms. The smallest absolute Gasteiger partial charge is 0.305 e. The molecule has 1 amide bonds. The summed E-state index contributed by atoms with van der Waals surface area (Å²) in [5.74, 6) is -1.57. The summed E-state index contributed by atoms with van der Waals surface area (Å²) < 4.78 is 13.2. The summed E-state index contributed by atoms with van der Waals surface area (Å²) in [5, 5.41) is 14.2. The number of thiazole rings is 1. The van der Waals surface area contributed by atoms with E-state index in [9.17, 15) is 14.0 Å². The molecule has 3 rings (SSSR count). The first-order valence-corrected chi connectivity index (χ1v) is 8.57. The van der Waals surface area contributed by atoms with E-state index in [2.05, 4.69) is 10.3 Å². The number of aromatic nitrogens is 1. The monoisotopic (exact) mass is 348 g/mol. The van der Waals surface area contributed by atoms with Crippen molar-refractivity contribution in [1.29, 1.82) is 0 Å². The van der Waals surface area contributed by atoms with Crippen LogP contribution in [0.25, 0.3) is 0 Å². The number of carbonyl (C=O) groups excluding carboxylic acids is 1. The minimum Gasteiger partial charge on any atom is -0.481 e. The second-order valence-electron chi connectivity index (χ2n) is 6.09. The van der Waals surface area contributed by atoms with E-state index in [1.54, 1.807) is 17.5 Å². The van der Waals surface area contributed by atoms with Crippen molar-refractivity contribution >= 4 is 23.2 Å². The molecule has 5 nitrogen and oxygen atoms in total. The maximum absolute atomic E-state index is 13.2. The number of carboxylic acids is 1. The Balaban J connectivity index is 1.66. The Morgan fingerprint density at radius 1 is 1.38 bits per heavy atom. The summed E-state index contributed by atoms with van der Waals surface area (Å²) in [6.07, 6.45) is 2.64. The highest BCUT2D eigenvalue weighted by molar-refractivity contribution is 7.09. The van der Waals surface area contributed by atoms with Crippen molar-refractivity contribution in [2.75, 3.05) is 0 Å². The number of carbonyl (C=O) groups is 2. The zero-order valence-electron chi connectivity index (χ0n) is 12.9. The third-order valence-electron chi connectivity index (χ3n) is 4.21. The standard InChI is InChI=1S/C17H17FN2O3S/c18-12-4-1-3-11(7-12)8-14-19-13(10-24-14)16(23)20-17(5-2-6-17)9-15(21)22/h1,3-4,7,10H,2,5-6,8-9H2,(H,20,23)(H,21,22). The van der Waals surface area contributed by atoms with Crippen LogP contribution in [0.5, 0.6) is 0 Å². The summed E-state index contributed by atoms with van der Waals surface area (Å²) >= 11 is 1.33. The molecule has 0 saturated heterocycles. The fraction of sp³-hybridized carbons (Fsp3) is 0.353. The third-order valence-corrected chi connectivity index (χ3v) is 5.06. The molecule has 0 atom stereocenters. The number of carboxylic acid groups (broad SMARTS) is 1. The molecule has 1 aliphatic rings. The van der Waals surface area contributed by atoms with E-state index >= 15 is 0 Å². The molecule has 2 N–H and O–H groups in total. The topological polar surface area (TPSA) is 79.3 Å². The van der Waals surface area contributed by atoms with Crippen LogP contribution in [0.15, 0.2) is 29.6 Å². The number of halogens is 1. The van der Waals surface area contributed by atoms with Gasteiger partial charge < -0.3 is 10.4 Å². The molecule has 1 aromatic carbocycles. The second kappa shape index (κ2) is 6.68. The molecule has 1 saturated carbocycles. The molecule has 24 heavy (non-hydrogen) atoms. The molecule has 1 fully saturated rings. The molecule has 2 aromatic rings. The van der Waals surface area contributed by atoms with Gasteiger partial charge in [-0.15, -0.1) is 11.3 Å². The number of aliphatic carboxylic acids is 1. The normalized spacial score (nSPS) is 15.5. The molecule has 0 aliphatic heterocycles. The van der Waals surface area contributed by atoms with E-state index in [0.717, 1.165) is 12.0 Å². The number of amides is 1. The van der Waals surface area contributed by atoms with Crippen LogP contribution < -0.4 is 5.32 Å². The first-order valence-electron chi connectivity index (χ1n) is 7.69. The molecule has 1 heterocycles. The lowest BCUT2D eigenvalue weighted by molar-refractivity contribution is -0.139. The number of nitrogens with one attached hydrogen (secondary N) is 1. The van der Waals surface area contributed by atoms with E-state index in [1.165, 1.54) is 23.5 Å². The van der Waals surface area contributed by atoms with E-state index < -0.39 is 11.5 Å². The molecular weight excluding hydrogens is 331 g/mol. The zero-order chi connectivity index (χ0) is 17.2. The number of rotatable bonds is 6. The Bertz CT molecular complexity index is 771. The van der Waals surface area contributed by atoms with Gasteiger partial charge >= 0.3 is 5.97 Å². The highest BCUT2D eigenvalue weighted by atomic mass is 32.1. The van der Waals surface area contributed by atoms with Gasteiger partial charge in [0.1, 0.15) is 11.5 Å². The van der Waals surface area contributed by atoms with Gasteiger partial charge in [0.25, 0.3) is 5.91 Å². The molecule has 1 aromatic heterocycles. The van der Waals surface area contributed by atoms with Crippen molar-refractivity contribution in [3.05, 3.63) is 51.7 Å². The predicted octanol–water partition coefficient (Wildman–Crippen LogP) is 3.00. The Labute approximate surface area is 142 Å².